The molecule has 0 saturated heterocycles. The van der Waals surface area contributed by atoms with E-state index < -0.39 is 11.9 Å². The highest BCUT2D eigenvalue weighted by Gasteiger charge is 2.17. The van der Waals surface area contributed by atoms with Crippen LogP contribution in [0.25, 0.3) is 0 Å². The van der Waals surface area contributed by atoms with Gasteiger partial charge in [0.15, 0.2) is 0 Å². The molecule has 0 heterocycles. The number of carboxylic acid groups (broad SMARTS) is 1. The van der Waals surface area contributed by atoms with Crippen molar-refractivity contribution in [2.24, 2.45) is 5.92 Å². The molecule has 0 amide bonds. The van der Waals surface area contributed by atoms with Gasteiger partial charge in [-0.05, 0) is 42.3 Å². The average molecular weight is 301 g/mol. The molecule has 0 spiro atoms. The third-order valence-corrected chi connectivity index (χ3v) is 3.55. The molecule has 1 N–H and O–H groups in total. The SMILES string of the molecule is Cc1cccc(N(Cc2cccc(F)c2)CC(C)C(=O)O)c1. The van der Waals surface area contributed by atoms with Crippen molar-refractivity contribution in [1.29, 1.82) is 0 Å². The van der Waals surface area contributed by atoms with Crippen molar-refractivity contribution in [3.8, 4) is 0 Å². The van der Waals surface area contributed by atoms with Crippen molar-refractivity contribution in [1.82, 2.24) is 0 Å². The van der Waals surface area contributed by atoms with E-state index in [0.717, 1.165) is 16.8 Å². The number of anilines is 1. The number of rotatable bonds is 6. The summed E-state index contributed by atoms with van der Waals surface area (Å²) >= 11 is 0. The number of nitrogens with zero attached hydrogens (tertiary/aromatic N) is 1. The number of hydrogen-bond donors (Lipinski definition) is 1. The second-order valence-electron chi connectivity index (χ2n) is 5.59. The van der Waals surface area contributed by atoms with Gasteiger partial charge in [0, 0.05) is 18.8 Å². The van der Waals surface area contributed by atoms with E-state index in [-0.39, 0.29) is 5.82 Å². The van der Waals surface area contributed by atoms with Crippen LogP contribution in [-0.4, -0.2) is 17.6 Å². The van der Waals surface area contributed by atoms with E-state index in [9.17, 15) is 9.18 Å². The predicted octanol–water partition coefficient (Wildman–Crippen LogP) is 3.86. The first kappa shape index (κ1) is 16.0. The van der Waals surface area contributed by atoms with Crippen LogP contribution in [0, 0.1) is 18.7 Å². The monoisotopic (exact) mass is 301 g/mol. The van der Waals surface area contributed by atoms with Crippen LogP contribution in [0.15, 0.2) is 48.5 Å². The number of carboxylic acids is 1. The van der Waals surface area contributed by atoms with Gasteiger partial charge in [-0.15, -0.1) is 0 Å². The second-order valence-corrected chi connectivity index (χ2v) is 5.59. The Morgan fingerprint density at radius 2 is 1.95 bits per heavy atom. The van der Waals surface area contributed by atoms with Crippen molar-refractivity contribution in [3.05, 3.63) is 65.5 Å². The van der Waals surface area contributed by atoms with Crippen LogP contribution in [0.3, 0.4) is 0 Å². The minimum absolute atomic E-state index is 0.284. The molecule has 0 saturated carbocycles. The molecule has 0 aliphatic carbocycles. The van der Waals surface area contributed by atoms with Crippen LogP contribution in [0.5, 0.6) is 0 Å². The number of carbonyl (C=O) groups is 1. The van der Waals surface area contributed by atoms with Crippen LogP contribution in [-0.2, 0) is 11.3 Å². The molecule has 22 heavy (non-hydrogen) atoms. The standard InChI is InChI=1S/C18H20FNO2/c1-13-5-3-8-17(9-13)20(11-14(2)18(21)22)12-15-6-4-7-16(19)10-15/h3-10,14H,11-12H2,1-2H3,(H,21,22). The third kappa shape index (κ3) is 4.32. The van der Waals surface area contributed by atoms with Crippen molar-refractivity contribution in [2.45, 2.75) is 20.4 Å². The van der Waals surface area contributed by atoms with E-state index in [4.69, 9.17) is 5.11 Å². The number of halogens is 1. The summed E-state index contributed by atoms with van der Waals surface area (Å²) in [6.07, 6.45) is 0. The van der Waals surface area contributed by atoms with Crippen LogP contribution >= 0.6 is 0 Å². The van der Waals surface area contributed by atoms with Gasteiger partial charge in [-0.1, -0.05) is 31.2 Å². The van der Waals surface area contributed by atoms with Crippen molar-refractivity contribution in [2.75, 3.05) is 11.4 Å². The Morgan fingerprint density at radius 3 is 2.59 bits per heavy atom. The first-order valence-electron chi connectivity index (χ1n) is 7.24. The van der Waals surface area contributed by atoms with E-state index in [2.05, 4.69) is 0 Å². The van der Waals surface area contributed by atoms with E-state index in [1.807, 2.05) is 42.2 Å². The summed E-state index contributed by atoms with van der Waals surface area (Å²) < 4.78 is 13.4. The Morgan fingerprint density at radius 1 is 1.23 bits per heavy atom. The van der Waals surface area contributed by atoms with Gasteiger partial charge in [0.1, 0.15) is 5.82 Å². The first-order valence-corrected chi connectivity index (χ1v) is 7.24. The normalized spacial score (nSPS) is 12.0. The fourth-order valence-electron chi connectivity index (χ4n) is 2.35. The zero-order valence-electron chi connectivity index (χ0n) is 12.8. The molecule has 3 nitrogen and oxygen atoms in total. The molecule has 2 aromatic rings. The number of benzene rings is 2. The van der Waals surface area contributed by atoms with E-state index in [1.165, 1.54) is 12.1 Å². The lowest BCUT2D eigenvalue weighted by molar-refractivity contribution is -0.140. The molecule has 4 heteroatoms. The van der Waals surface area contributed by atoms with Gasteiger partial charge in [0.2, 0.25) is 0 Å². The molecule has 116 valence electrons. The lowest BCUT2D eigenvalue weighted by atomic mass is 10.1. The Labute approximate surface area is 130 Å². The second kappa shape index (κ2) is 7.07. The predicted molar refractivity (Wildman–Crippen MR) is 85.4 cm³/mol. The minimum atomic E-state index is -0.836. The Bertz CT molecular complexity index is 657. The van der Waals surface area contributed by atoms with Crippen molar-refractivity contribution >= 4 is 11.7 Å². The van der Waals surface area contributed by atoms with Gasteiger partial charge in [-0.3, -0.25) is 4.79 Å². The lowest BCUT2D eigenvalue weighted by Gasteiger charge is -2.27. The lowest BCUT2D eigenvalue weighted by Crippen LogP contribution is -2.31. The molecule has 2 aromatic carbocycles. The highest BCUT2D eigenvalue weighted by Crippen LogP contribution is 2.20. The van der Waals surface area contributed by atoms with Gasteiger partial charge < -0.3 is 10.0 Å². The summed E-state index contributed by atoms with van der Waals surface area (Å²) in [6, 6.07) is 14.3. The van der Waals surface area contributed by atoms with Crippen molar-refractivity contribution in [3.63, 3.8) is 0 Å². The maximum atomic E-state index is 13.4. The minimum Gasteiger partial charge on any atom is -0.481 e. The molecule has 2 rings (SSSR count). The smallest absolute Gasteiger partial charge is 0.308 e. The maximum Gasteiger partial charge on any atom is 0.308 e. The van der Waals surface area contributed by atoms with E-state index in [0.29, 0.717) is 13.1 Å². The molecule has 0 aliphatic rings. The summed E-state index contributed by atoms with van der Waals surface area (Å²) in [5.41, 5.74) is 2.86. The first-order chi connectivity index (χ1) is 10.5. The molecule has 1 unspecified atom stereocenters. The summed E-state index contributed by atoms with van der Waals surface area (Å²) in [7, 11) is 0. The molecule has 0 radical (unpaired) electrons. The summed E-state index contributed by atoms with van der Waals surface area (Å²) in [5, 5.41) is 9.16. The van der Waals surface area contributed by atoms with Gasteiger partial charge in [0.05, 0.1) is 5.92 Å². The summed E-state index contributed by atoms with van der Waals surface area (Å²) in [5.74, 6) is -1.63. The molecule has 0 fully saturated rings. The molecule has 0 aliphatic heterocycles. The Kier molecular flexibility index (Phi) is 5.15. The Balaban J connectivity index is 2.26. The Hall–Kier alpha value is -2.36. The van der Waals surface area contributed by atoms with Gasteiger partial charge >= 0.3 is 5.97 Å². The number of aliphatic carboxylic acids is 1. The highest BCUT2D eigenvalue weighted by molar-refractivity contribution is 5.70. The van der Waals surface area contributed by atoms with Crippen LogP contribution in [0.1, 0.15) is 18.1 Å². The zero-order valence-corrected chi connectivity index (χ0v) is 12.8. The molecule has 0 bridgehead atoms. The summed E-state index contributed by atoms with van der Waals surface area (Å²) in [4.78, 5) is 13.1. The number of aryl methyl sites for hydroxylation is 1. The maximum absolute atomic E-state index is 13.4. The summed E-state index contributed by atoms with van der Waals surface area (Å²) in [6.45, 7) is 4.51. The quantitative estimate of drug-likeness (QED) is 0.880. The topological polar surface area (TPSA) is 40.5 Å². The zero-order chi connectivity index (χ0) is 16.1. The van der Waals surface area contributed by atoms with Gasteiger partial charge in [0.25, 0.3) is 0 Å². The van der Waals surface area contributed by atoms with Crippen LogP contribution < -0.4 is 4.90 Å². The largest absolute Gasteiger partial charge is 0.481 e. The highest BCUT2D eigenvalue weighted by atomic mass is 19.1. The van der Waals surface area contributed by atoms with E-state index >= 15 is 0 Å². The van der Waals surface area contributed by atoms with Gasteiger partial charge in [-0.25, -0.2) is 4.39 Å². The fourth-order valence-corrected chi connectivity index (χ4v) is 2.35. The van der Waals surface area contributed by atoms with Crippen LogP contribution in [0.2, 0.25) is 0 Å². The van der Waals surface area contributed by atoms with Crippen LogP contribution in [0.4, 0.5) is 10.1 Å². The van der Waals surface area contributed by atoms with Crippen molar-refractivity contribution < 1.29 is 14.3 Å². The molecule has 0 aromatic heterocycles. The molecular weight excluding hydrogens is 281 g/mol. The molecular formula is C18H20FNO2. The number of hydrogen-bond acceptors (Lipinski definition) is 2. The third-order valence-electron chi connectivity index (χ3n) is 3.55. The van der Waals surface area contributed by atoms with E-state index in [1.54, 1.807) is 13.0 Å². The van der Waals surface area contributed by atoms with Gasteiger partial charge in [-0.2, -0.15) is 0 Å². The fraction of sp³-hybridized carbons (Fsp3) is 0.278. The average Bonchev–Trinajstić information content (AvgIpc) is 2.46. The molecule has 1 atom stereocenters.